The van der Waals surface area contributed by atoms with Crippen molar-refractivity contribution in [3.05, 3.63) is 0 Å². The minimum Gasteiger partial charge on any atom is -0.396 e. The van der Waals surface area contributed by atoms with Crippen LogP contribution in [-0.2, 0) is 0 Å². The van der Waals surface area contributed by atoms with Crippen LogP contribution in [0.25, 0.3) is 0 Å². The van der Waals surface area contributed by atoms with Crippen LogP contribution in [-0.4, -0.2) is 37.3 Å². The van der Waals surface area contributed by atoms with Gasteiger partial charge in [-0.3, -0.25) is 4.99 Å². The molecule has 0 saturated heterocycles. The summed E-state index contributed by atoms with van der Waals surface area (Å²) in [5.41, 5.74) is 0. The summed E-state index contributed by atoms with van der Waals surface area (Å²) in [7, 11) is 0. The summed E-state index contributed by atoms with van der Waals surface area (Å²) < 4.78 is 0. The van der Waals surface area contributed by atoms with E-state index in [0.29, 0.717) is 5.92 Å². The number of nitrogens with zero attached hydrogens (tertiary/aromatic N) is 1. The van der Waals surface area contributed by atoms with Gasteiger partial charge in [0.05, 0.1) is 0 Å². The summed E-state index contributed by atoms with van der Waals surface area (Å²) in [5.74, 6) is 1.40. The van der Waals surface area contributed by atoms with Gasteiger partial charge in [-0.25, -0.2) is 0 Å². The summed E-state index contributed by atoms with van der Waals surface area (Å²) in [6.07, 6.45) is 4.24. The molecule has 0 aliphatic rings. The van der Waals surface area contributed by atoms with E-state index in [4.69, 9.17) is 5.11 Å². The van der Waals surface area contributed by atoms with Gasteiger partial charge in [0.1, 0.15) is 0 Å². The number of aliphatic imine (C=N–C) groups is 1. The number of aliphatic hydroxyl groups excluding tert-OH is 1. The average molecular weight is 371 g/mol. The molecule has 18 heavy (non-hydrogen) atoms. The van der Waals surface area contributed by atoms with Crippen molar-refractivity contribution in [2.24, 2.45) is 10.9 Å². The molecule has 0 aromatic heterocycles. The van der Waals surface area contributed by atoms with E-state index in [1.807, 2.05) is 0 Å². The van der Waals surface area contributed by atoms with Crippen molar-refractivity contribution in [2.45, 2.75) is 46.5 Å². The first-order chi connectivity index (χ1) is 8.28. The number of hydrogen-bond donors (Lipinski definition) is 3. The summed E-state index contributed by atoms with van der Waals surface area (Å²) >= 11 is 0. The molecule has 1 atom stereocenters. The van der Waals surface area contributed by atoms with Gasteiger partial charge in [-0.1, -0.05) is 20.3 Å². The lowest BCUT2D eigenvalue weighted by Gasteiger charge is -2.14. The standard InChI is InChI=1S/C13H29N3O.HI/c1-4-7-12(8-10-17)11-16-13(14-6-3)15-9-5-2;/h12,17H,4-11H2,1-3H3,(H2,14,15,16);1H. The topological polar surface area (TPSA) is 56.7 Å². The zero-order valence-electron chi connectivity index (χ0n) is 12.0. The molecule has 0 fully saturated rings. The summed E-state index contributed by atoms with van der Waals surface area (Å²) in [5, 5.41) is 15.5. The van der Waals surface area contributed by atoms with Crippen molar-refractivity contribution >= 4 is 29.9 Å². The van der Waals surface area contributed by atoms with E-state index < -0.39 is 0 Å². The van der Waals surface area contributed by atoms with Crippen LogP contribution in [0.4, 0.5) is 0 Å². The van der Waals surface area contributed by atoms with Gasteiger partial charge in [0.2, 0.25) is 0 Å². The highest BCUT2D eigenvalue weighted by Crippen LogP contribution is 2.10. The first kappa shape index (κ1) is 20.3. The zero-order chi connectivity index (χ0) is 12.9. The summed E-state index contributed by atoms with van der Waals surface area (Å²) in [4.78, 5) is 4.57. The number of nitrogens with one attached hydrogen (secondary N) is 2. The number of halogens is 1. The van der Waals surface area contributed by atoms with Gasteiger partial charge in [-0.05, 0) is 32.1 Å². The summed E-state index contributed by atoms with van der Waals surface area (Å²) in [6, 6.07) is 0. The second kappa shape index (κ2) is 15.0. The molecule has 4 nitrogen and oxygen atoms in total. The molecule has 0 aromatic rings. The Balaban J connectivity index is 0. The Kier molecular flexibility index (Phi) is 16.9. The SMILES string of the molecule is CCCNC(=NCC(CCC)CCO)NCC.I. The molecule has 110 valence electrons. The summed E-state index contributed by atoms with van der Waals surface area (Å²) in [6.45, 7) is 9.28. The van der Waals surface area contributed by atoms with Crippen LogP contribution in [0.2, 0.25) is 0 Å². The zero-order valence-corrected chi connectivity index (χ0v) is 14.4. The fraction of sp³-hybridized carbons (Fsp3) is 0.923. The minimum absolute atomic E-state index is 0. The van der Waals surface area contributed by atoms with E-state index in [2.05, 4.69) is 36.4 Å². The van der Waals surface area contributed by atoms with Gasteiger partial charge in [-0.2, -0.15) is 0 Å². The van der Waals surface area contributed by atoms with E-state index in [-0.39, 0.29) is 30.6 Å². The molecule has 0 heterocycles. The molecule has 3 N–H and O–H groups in total. The van der Waals surface area contributed by atoms with E-state index in [1.165, 1.54) is 0 Å². The largest absolute Gasteiger partial charge is 0.396 e. The molecular formula is C13H30IN3O. The highest BCUT2D eigenvalue weighted by molar-refractivity contribution is 14.0. The third kappa shape index (κ3) is 11.1. The number of hydrogen-bond acceptors (Lipinski definition) is 2. The van der Waals surface area contributed by atoms with Crippen molar-refractivity contribution in [1.29, 1.82) is 0 Å². The third-order valence-corrected chi connectivity index (χ3v) is 2.63. The van der Waals surface area contributed by atoms with Gasteiger partial charge in [0.15, 0.2) is 5.96 Å². The molecule has 0 bridgehead atoms. The van der Waals surface area contributed by atoms with Crippen LogP contribution in [0.5, 0.6) is 0 Å². The van der Waals surface area contributed by atoms with Crippen LogP contribution in [0, 0.1) is 5.92 Å². The minimum atomic E-state index is 0. The molecule has 5 heteroatoms. The molecule has 1 unspecified atom stereocenters. The lowest BCUT2D eigenvalue weighted by molar-refractivity contribution is 0.253. The molecule has 0 aromatic carbocycles. The maximum absolute atomic E-state index is 8.99. The predicted molar refractivity (Wildman–Crippen MR) is 89.8 cm³/mol. The monoisotopic (exact) mass is 371 g/mol. The number of rotatable bonds is 9. The van der Waals surface area contributed by atoms with Crippen LogP contribution in [0.1, 0.15) is 46.5 Å². The van der Waals surface area contributed by atoms with Gasteiger partial charge in [-0.15, -0.1) is 24.0 Å². The van der Waals surface area contributed by atoms with E-state index in [1.54, 1.807) is 0 Å². The fourth-order valence-corrected chi connectivity index (χ4v) is 1.72. The highest BCUT2D eigenvalue weighted by Gasteiger charge is 2.06. The Bertz CT molecular complexity index is 195. The van der Waals surface area contributed by atoms with Crippen LogP contribution < -0.4 is 10.6 Å². The van der Waals surface area contributed by atoms with Crippen molar-refractivity contribution in [3.8, 4) is 0 Å². The normalized spacial score (nSPS) is 12.8. The second-order valence-corrected chi connectivity index (χ2v) is 4.31. The third-order valence-electron chi connectivity index (χ3n) is 2.63. The van der Waals surface area contributed by atoms with Gasteiger partial charge >= 0.3 is 0 Å². The van der Waals surface area contributed by atoms with Crippen LogP contribution >= 0.6 is 24.0 Å². The first-order valence-corrected chi connectivity index (χ1v) is 6.91. The van der Waals surface area contributed by atoms with Crippen LogP contribution in [0.3, 0.4) is 0 Å². The molecule has 0 spiro atoms. The van der Waals surface area contributed by atoms with E-state index in [0.717, 1.165) is 51.3 Å². The maximum atomic E-state index is 8.99. The van der Waals surface area contributed by atoms with Crippen LogP contribution in [0.15, 0.2) is 4.99 Å². The highest BCUT2D eigenvalue weighted by atomic mass is 127. The van der Waals surface area contributed by atoms with E-state index >= 15 is 0 Å². The smallest absolute Gasteiger partial charge is 0.191 e. The Morgan fingerprint density at radius 1 is 1.11 bits per heavy atom. The Hall–Kier alpha value is -0.0400. The molecule has 0 radical (unpaired) electrons. The fourth-order valence-electron chi connectivity index (χ4n) is 1.72. The van der Waals surface area contributed by atoms with Gasteiger partial charge in [0, 0.05) is 26.2 Å². The lowest BCUT2D eigenvalue weighted by Crippen LogP contribution is -2.38. The molecule has 0 amide bonds. The molecule has 0 aliphatic carbocycles. The number of guanidine groups is 1. The Morgan fingerprint density at radius 3 is 2.33 bits per heavy atom. The molecular weight excluding hydrogens is 341 g/mol. The van der Waals surface area contributed by atoms with Crippen molar-refractivity contribution < 1.29 is 5.11 Å². The second-order valence-electron chi connectivity index (χ2n) is 4.31. The average Bonchev–Trinajstić information content (AvgIpc) is 2.33. The van der Waals surface area contributed by atoms with Crippen molar-refractivity contribution in [1.82, 2.24) is 10.6 Å². The lowest BCUT2D eigenvalue weighted by atomic mass is 10.0. The van der Waals surface area contributed by atoms with Crippen molar-refractivity contribution in [3.63, 3.8) is 0 Å². The number of aliphatic hydroxyl groups is 1. The molecule has 0 rings (SSSR count). The Morgan fingerprint density at radius 2 is 1.83 bits per heavy atom. The Labute approximate surface area is 129 Å². The van der Waals surface area contributed by atoms with Gasteiger partial charge in [0.25, 0.3) is 0 Å². The predicted octanol–water partition coefficient (Wildman–Crippen LogP) is 2.37. The quantitative estimate of drug-likeness (QED) is 0.331. The van der Waals surface area contributed by atoms with Crippen molar-refractivity contribution in [2.75, 3.05) is 26.2 Å². The van der Waals surface area contributed by atoms with E-state index in [9.17, 15) is 0 Å². The van der Waals surface area contributed by atoms with Gasteiger partial charge < -0.3 is 15.7 Å². The molecule has 0 saturated carbocycles. The maximum Gasteiger partial charge on any atom is 0.191 e. The molecule has 0 aliphatic heterocycles. The first-order valence-electron chi connectivity index (χ1n) is 6.91.